The zero-order chi connectivity index (χ0) is 28.1. The Bertz CT molecular complexity index is 1460. The lowest BCUT2D eigenvalue weighted by Crippen LogP contribution is -2.39. The number of hydrogen-bond acceptors (Lipinski definition) is 0. The molecule has 41 heavy (non-hydrogen) atoms. The largest absolute Gasteiger partial charge is 0.0977 e. The van der Waals surface area contributed by atoms with Crippen LogP contribution in [0.15, 0.2) is 152 Å². The summed E-state index contributed by atoms with van der Waals surface area (Å²) in [6.07, 6.45) is 2.09. The molecular weight excluding hydrogens is 511 g/mol. The van der Waals surface area contributed by atoms with Crippen LogP contribution in [-0.2, 0) is 5.41 Å². The minimum absolute atomic E-state index is 0.0840. The first-order valence-electron chi connectivity index (χ1n) is 14.7. The maximum atomic E-state index is 3.96. The molecule has 1 aliphatic carbocycles. The van der Waals surface area contributed by atoms with Crippen LogP contribution >= 0.6 is 7.92 Å². The lowest BCUT2D eigenvalue weighted by molar-refractivity contribution is 0.393. The van der Waals surface area contributed by atoms with E-state index in [1.54, 1.807) is 0 Å². The SMILES string of the molecule is CC1(C)C#CC(C(c2ccccc2)(c2ccccc2)c2ccccc2)CC(P(c2ccccc2)c2ccccc2)C1. The van der Waals surface area contributed by atoms with Crippen LogP contribution in [-0.4, -0.2) is 5.66 Å². The average Bonchev–Trinajstić information content (AvgIpc) is 3.18. The minimum atomic E-state index is -0.605. The normalized spacial score (nSPS) is 18.2. The highest BCUT2D eigenvalue weighted by Crippen LogP contribution is 2.54. The molecule has 0 spiro atoms. The van der Waals surface area contributed by atoms with Crippen molar-refractivity contribution in [1.82, 2.24) is 0 Å². The second-order valence-corrected chi connectivity index (χ2v) is 14.2. The molecule has 5 aromatic rings. The molecule has 0 amide bonds. The molecule has 0 bridgehead atoms. The maximum Gasteiger partial charge on any atom is 0.0588 e. The van der Waals surface area contributed by atoms with E-state index in [0.717, 1.165) is 12.8 Å². The molecule has 0 heterocycles. The smallest absolute Gasteiger partial charge is 0.0588 e. The lowest BCUT2D eigenvalue weighted by Gasteiger charge is -2.42. The quantitative estimate of drug-likeness (QED) is 0.108. The Hall–Kier alpha value is -3.91. The standard InChI is InChI=1S/C40H37P/c1-39(2)29-28-35(30-38(31-39)41(36-24-14-6-15-25-36)37-26-16-7-17-27-37)40(32-18-8-3-9-19-32,33-20-10-4-11-21-33)34-22-12-5-13-23-34/h3-27,35,38H,30-31H2,1-2H3. The highest BCUT2D eigenvalue weighted by atomic mass is 31.1. The van der Waals surface area contributed by atoms with Crippen LogP contribution in [0, 0.1) is 23.2 Å². The zero-order valence-corrected chi connectivity index (χ0v) is 24.8. The van der Waals surface area contributed by atoms with Crippen molar-refractivity contribution in [3.8, 4) is 11.8 Å². The molecule has 0 saturated heterocycles. The predicted molar refractivity (Wildman–Crippen MR) is 176 cm³/mol. The first-order chi connectivity index (χ1) is 20.1. The summed E-state index contributed by atoms with van der Waals surface area (Å²) in [6.45, 7) is 4.68. The molecule has 1 heteroatoms. The first-order valence-corrected chi connectivity index (χ1v) is 16.1. The molecule has 2 atom stereocenters. The van der Waals surface area contributed by atoms with Gasteiger partial charge in [-0.2, -0.15) is 0 Å². The Kier molecular flexibility index (Phi) is 7.92. The van der Waals surface area contributed by atoms with Crippen molar-refractivity contribution in [1.29, 1.82) is 0 Å². The van der Waals surface area contributed by atoms with Crippen molar-refractivity contribution < 1.29 is 0 Å². The molecule has 0 fully saturated rings. The van der Waals surface area contributed by atoms with Crippen LogP contribution in [0.4, 0.5) is 0 Å². The van der Waals surface area contributed by atoms with Gasteiger partial charge in [0.25, 0.3) is 0 Å². The van der Waals surface area contributed by atoms with Crippen LogP contribution < -0.4 is 10.6 Å². The molecule has 6 rings (SSSR count). The first kappa shape index (κ1) is 27.3. The van der Waals surface area contributed by atoms with E-state index in [-0.39, 0.29) is 11.3 Å². The maximum absolute atomic E-state index is 3.96. The molecular formula is C40H37P. The van der Waals surface area contributed by atoms with Crippen LogP contribution in [0.5, 0.6) is 0 Å². The van der Waals surface area contributed by atoms with Crippen molar-refractivity contribution in [2.75, 3.05) is 0 Å². The third-order valence-electron chi connectivity index (χ3n) is 8.48. The molecule has 0 N–H and O–H groups in total. The van der Waals surface area contributed by atoms with E-state index in [0.29, 0.717) is 5.66 Å². The third kappa shape index (κ3) is 5.53. The summed E-state index contributed by atoms with van der Waals surface area (Å²) < 4.78 is 0. The molecule has 0 aromatic heterocycles. The van der Waals surface area contributed by atoms with E-state index in [4.69, 9.17) is 0 Å². The van der Waals surface area contributed by atoms with Gasteiger partial charge in [0, 0.05) is 11.3 Å². The number of benzene rings is 5. The molecule has 0 saturated carbocycles. The topological polar surface area (TPSA) is 0 Å². The fraction of sp³-hybridized carbons (Fsp3) is 0.200. The van der Waals surface area contributed by atoms with Gasteiger partial charge in [-0.25, -0.2) is 0 Å². The molecule has 202 valence electrons. The Morgan fingerprint density at radius 3 is 1.32 bits per heavy atom. The predicted octanol–water partition coefficient (Wildman–Crippen LogP) is 8.96. The zero-order valence-electron chi connectivity index (χ0n) is 23.9. The second-order valence-electron chi connectivity index (χ2n) is 11.7. The Morgan fingerprint density at radius 2 is 0.927 bits per heavy atom. The van der Waals surface area contributed by atoms with Gasteiger partial charge in [0.1, 0.15) is 0 Å². The van der Waals surface area contributed by atoms with Crippen molar-refractivity contribution in [3.63, 3.8) is 0 Å². The molecule has 1 aliphatic rings. The van der Waals surface area contributed by atoms with E-state index >= 15 is 0 Å². The van der Waals surface area contributed by atoms with Gasteiger partial charge < -0.3 is 0 Å². The summed E-state index contributed by atoms with van der Waals surface area (Å²) in [7, 11) is -0.605. The summed E-state index contributed by atoms with van der Waals surface area (Å²) >= 11 is 0. The van der Waals surface area contributed by atoms with Gasteiger partial charge in [0.15, 0.2) is 0 Å². The second kappa shape index (κ2) is 11.9. The van der Waals surface area contributed by atoms with Gasteiger partial charge in [-0.15, -0.1) is 0 Å². The fourth-order valence-corrected chi connectivity index (χ4v) is 9.96. The van der Waals surface area contributed by atoms with Crippen molar-refractivity contribution >= 4 is 18.5 Å². The summed E-state index contributed by atoms with van der Waals surface area (Å²) in [5.41, 5.74) is 3.88. The van der Waals surface area contributed by atoms with Crippen LogP contribution in [0.2, 0.25) is 0 Å². The van der Waals surface area contributed by atoms with E-state index in [1.807, 2.05) is 0 Å². The molecule has 5 aromatic carbocycles. The monoisotopic (exact) mass is 548 g/mol. The van der Waals surface area contributed by atoms with Gasteiger partial charge in [-0.1, -0.05) is 164 Å². The molecule has 2 unspecified atom stereocenters. The number of hydrogen-bond donors (Lipinski definition) is 0. The molecule has 0 aliphatic heterocycles. The van der Waals surface area contributed by atoms with Gasteiger partial charge in [-0.05, 0) is 67.6 Å². The van der Waals surface area contributed by atoms with E-state index in [1.165, 1.54) is 27.3 Å². The summed E-state index contributed by atoms with van der Waals surface area (Å²) in [5, 5.41) is 2.89. The summed E-state index contributed by atoms with van der Waals surface area (Å²) in [6, 6.07) is 55.8. The Labute approximate surface area is 247 Å². The highest BCUT2D eigenvalue weighted by Gasteiger charge is 2.46. The summed E-state index contributed by atoms with van der Waals surface area (Å²) in [4.78, 5) is 0. The number of rotatable bonds is 7. The summed E-state index contributed by atoms with van der Waals surface area (Å²) in [5.74, 6) is 7.89. The Balaban J connectivity index is 1.59. The van der Waals surface area contributed by atoms with E-state index in [2.05, 4.69) is 177 Å². The van der Waals surface area contributed by atoms with Gasteiger partial charge in [0.2, 0.25) is 0 Å². The minimum Gasteiger partial charge on any atom is -0.0977 e. The molecule has 0 nitrogen and oxygen atoms in total. The van der Waals surface area contributed by atoms with Gasteiger partial charge >= 0.3 is 0 Å². The van der Waals surface area contributed by atoms with Gasteiger partial charge in [0.05, 0.1) is 5.41 Å². The van der Waals surface area contributed by atoms with Crippen LogP contribution in [0.25, 0.3) is 0 Å². The third-order valence-corrected chi connectivity index (χ3v) is 11.3. The highest BCUT2D eigenvalue weighted by molar-refractivity contribution is 7.73. The lowest BCUT2D eigenvalue weighted by atomic mass is 9.61. The van der Waals surface area contributed by atoms with Crippen LogP contribution in [0.3, 0.4) is 0 Å². The van der Waals surface area contributed by atoms with Crippen molar-refractivity contribution in [2.24, 2.45) is 11.3 Å². The Morgan fingerprint density at radius 1 is 0.561 bits per heavy atom. The molecule has 0 radical (unpaired) electrons. The fourth-order valence-electron chi connectivity index (χ4n) is 6.77. The van der Waals surface area contributed by atoms with Crippen molar-refractivity contribution in [3.05, 3.63) is 168 Å². The average molecular weight is 549 g/mol. The van der Waals surface area contributed by atoms with E-state index < -0.39 is 13.3 Å². The van der Waals surface area contributed by atoms with Crippen LogP contribution in [0.1, 0.15) is 43.4 Å². The van der Waals surface area contributed by atoms with E-state index in [9.17, 15) is 0 Å². The van der Waals surface area contributed by atoms with Crippen molar-refractivity contribution in [2.45, 2.75) is 37.8 Å². The van der Waals surface area contributed by atoms with Gasteiger partial charge in [-0.3, -0.25) is 0 Å².